The van der Waals surface area contributed by atoms with Crippen LogP contribution in [0, 0.1) is 0 Å². The molecule has 0 aliphatic carbocycles. The highest BCUT2D eigenvalue weighted by molar-refractivity contribution is 6.33. The van der Waals surface area contributed by atoms with Gasteiger partial charge in [0.05, 0.1) is 5.02 Å². The van der Waals surface area contributed by atoms with E-state index in [9.17, 15) is 0 Å². The van der Waals surface area contributed by atoms with Crippen molar-refractivity contribution in [1.29, 1.82) is 0 Å². The first-order valence-electron chi connectivity index (χ1n) is 9.43. The number of imidazole rings is 1. The number of rotatable bonds is 3. The van der Waals surface area contributed by atoms with E-state index in [0.29, 0.717) is 22.6 Å². The number of aromatic nitrogens is 4. The second-order valence-electron chi connectivity index (χ2n) is 6.72. The Balaban J connectivity index is 0.000000687. The topological polar surface area (TPSA) is 103 Å². The van der Waals surface area contributed by atoms with E-state index in [1.807, 2.05) is 24.5 Å². The number of ether oxygens (including phenoxy) is 2. The van der Waals surface area contributed by atoms with Gasteiger partial charge in [0.25, 0.3) is 6.47 Å². The summed E-state index contributed by atoms with van der Waals surface area (Å²) in [5, 5.41) is 7.50. The number of fused-ring (bicyclic) bond motifs is 1. The lowest BCUT2D eigenvalue weighted by molar-refractivity contribution is -0.122. The first-order valence-corrected chi connectivity index (χ1v) is 9.81. The normalized spacial score (nSPS) is 15.4. The van der Waals surface area contributed by atoms with Gasteiger partial charge in [-0.2, -0.15) is 0 Å². The summed E-state index contributed by atoms with van der Waals surface area (Å²) in [6.07, 6.45) is 9.39. The van der Waals surface area contributed by atoms with Gasteiger partial charge in [-0.3, -0.25) is 4.79 Å². The smallest absolute Gasteiger partial charge is 0.290 e. The highest BCUT2D eigenvalue weighted by Gasteiger charge is 2.26. The standard InChI is InChI=1S/C19H18ClN5O2.CH2O2/c20-15-11-17-16(26-12-27-17)10-14(15)18-21-6-9-25(18)13-2-7-24(8-3-13)19-22-4-1-5-23-19;2-1-3/h1,4-6,9-11,13H,2-3,7-8,12H2;1H,(H,2,3). The SMILES string of the molecule is Clc1cc2c(cc1-c1nccn1C1CCN(c3ncccn3)CC1)OCO2.O=CO. The van der Waals surface area contributed by atoms with Gasteiger partial charge in [-0.05, 0) is 25.0 Å². The number of halogens is 1. The van der Waals surface area contributed by atoms with Gasteiger partial charge in [-0.1, -0.05) is 11.6 Å². The molecule has 2 aliphatic heterocycles. The van der Waals surface area contributed by atoms with Crippen molar-refractivity contribution in [3.05, 3.63) is 48.0 Å². The van der Waals surface area contributed by atoms with Crippen LogP contribution in [0.25, 0.3) is 11.4 Å². The second-order valence-corrected chi connectivity index (χ2v) is 7.12. The number of anilines is 1. The van der Waals surface area contributed by atoms with E-state index >= 15 is 0 Å². The molecule has 0 saturated carbocycles. The number of hydrogen-bond acceptors (Lipinski definition) is 7. The molecule has 0 amide bonds. The Labute approximate surface area is 177 Å². The van der Waals surface area contributed by atoms with E-state index in [4.69, 9.17) is 31.0 Å². The number of hydrogen-bond donors (Lipinski definition) is 1. The van der Waals surface area contributed by atoms with Crippen molar-refractivity contribution in [3.8, 4) is 22.9 Å². The van der Waals surface area contributed by atoms with Crippen molar-refractivity contribution in [2.45, 2.75) is 18.9 Å². The molecule has 10 heteroatoms. The Morgan fingerprint density at radius 2 is 1.73 bits per heavy atom. The molecule has 4 heterocycles. The molecule has 0 radical (unpaired) electrons. The molecule has 1 saturated heterocycles. The van der Waals surface area contributed by atoms with Crippen LogP contribution in [0.4, 0.5) is 5.95 Å². The Kier molecular flexibility index (Phi) is 5.99. The van der Waals surface area contributed by atoms with Gasteiger partial charge in [0, 0.05) is 55.5 Å². The average Bonchev–Trinajstić information content (AvgIpc) is 3.43. The van der Waals surface area contributed by atoms with Gasteiger partial charge < -0.3 is 24.0 Å². The van der Waals surface area contributed by atoms with Crippen molar-refractivity contribution >= 4 is 24.0 Å². The lowest BCUT2D eigenvalue weighted by Gasteiger charge is -2.33. The third-order valence-electron chi connectivity index (χ3n) is 5.06. The fourth-order valence-corrected chi connectivity index (χ4v) is 3.94. The molecule has 5 rings (SSSR count). The van der Waals surface area contributed by atoms with Crippen LogP contribution in [0.2, 0.25) is 5.02 Å². The van der Waals surface area contributed by atoms with E-state index < -0.39 is 0 Å². The van der Waals surface area contributed by atoms with Gasteiger partial charge in [-0.15, -0.1) is 0 Å². The predicted molar refractivity (Wildman–Crippen MR) is 110 cm³/mol. The van der Waals surface area contributed by atoms with Crippen LogP contribution in [0.1, 0.15) is 18.9 Å². The van der Waals surface area contributed by atoms with Crippen LogP contribution in [-0.2, 0) is 4.79 Å². The highest BCUT2D eigenvalue weighted by Crippen LogP contribution is 2.41. The number of benzene rings is 1. The van der Waals surface area contributed by atoms with Gasteiger partial charge in [0.1, 0.15) is 5.82 Å². The zero-order valence-electron chi connectivity index (χ0n) is 16.0. The average molecular weight is 430 g/mol. The molecule has 2 aliphatic rings. The maximum atomic E-state index is 8.36. The van der Waals surface area contributed by atoms with Crippen LogP contribution < -0.4 is 14.4 Å². The Bertz CT molecular complexity index is 1010. The fourth-order valence-electron chi connectivity index (χ4n) is 3.70. The third-order valence-corrected chi connectivity index (χ3v) is 5.38. The molecule has 2 aromatic heterocycles. The van der Waals surface area contributed by atoms with Crippen molar-refractivity contribution in [2.75, 3.05) is 24.8 Å². The zero-order valence-corrected chi connectivity index (χ0v) is 16.8. The molecule has 156 valence electrons. The molecule has 3 aromatic rings. The maximum Gasteiger partial charge on any atom is 0.290 e. The van der Waals surface area contributed by atoms with E-state index in [1.54, 1.807) is 18.5 Å². The first kappa shape index (κ1) is 20.0. The molecule has 1 aromatic carbocycles. The van der Waals surface area contributed by atoms with Gasteiger partial charge in [0.15, 0.2) is 11.5 Å². The molecule has 9 nitrogen and oxygen atoms in total. The number of piperidine rings is 1. The highest BCUT2D eigenvalue weighted by atomic mass is 35.5. The van der Waals surface area contributed by atoms with E-state index in [0.717, 1.165) is 43.3 Å². The Hall–Kier alpha value is -3.33. The first-order chi connectivity index (χ1) is 14.7. The van der Waals surface area contributed by atoms with Crippen LogP contribution in [0.5, 0.6) is 11.5 Å². The predicted octanol–water partition coefficient (Wildman–Crippen LogP) is 3.26. The number of carbonyl (C=O) groups is 1. The minimum absolute atomic E-state index is 0.226. The van der Waals surface area contributed by atoms with Crippen molar-refractivity contribution in [2.24, 2.45) is 0 Å². The van der Waals surface area contributed by atoms with Gasteiger partial charge in [0.2, 0.25) is 12.7 Å². The minimum atomic E-state index is -0.250. The van der Waals surface area contributed by atoms with Crippen molar-refractivity contribution in [3.63, 3.8) is 0 Å². The minimum Gasteiger partial charge on any atom is -0.483 e. The molecule has 0 atom stereocenters. The number of carboxylic acid groups (broad SMARTS) is 1. The van der Waals surface area contributed by atoms with Crippen molar-refractivity contribution in [1.82, 2.24) is 19.5 Å². The molecular formula is C20H20ClN5O4. The number of nitrogens with zero attached hydrogens (tertiary/aromatic N) is 5. The monoisotopic (exact) mass is 429 g/mol. The summed E-state index contributed by atoms with van der Waals surface area (Å²) in [6, 6.07) is 5.90. The van der Waals surface area contributed by atoms with E-state index in [2.05, 4.69) is 24.4 Å². The summed E-state index contributed by atoms with van der Waals surface area (Å²) in [5.41, 5.74) is 0.861. The van der Waals surface area contributed by atoms with Gasteiger partial charge in [-0.25, -0.2) is 15.0 Å². The fraction of sp³-hybridized carbons (Fsp3) is 0.300. The van der Waals surface area contributed by atoms with Crippen LogP contribution in [0.3, 0.4) is 0 Å². The molecular weight excluding hydrogens is 410 g/mol. The molecule has 1 fully saturated rings. The van der Waals surface area contributed by atoms with Crippen molar-refractivity contribution < 1.29 is 19.4 Å². The largest absolute Gasteiger partial charge is 0.483 e. The molecule has 0 unspecified atom stereocenters. The lowest BCUT2D eigenvalue weighted by atomic mass is 10.0. The molecule has 0 bridgehead atoms. The summed E-state index contributed by atoms with van der Waals surface area (Å²) in [7, 11) is 0. The summed E-state index contributed by atoms with van der Waals surface area (Å²) in [5.74, 6) is 3.03. The third kappa shape index (κ3) is 4.02. The van der Waals surface area contributed by atoms with Crippen LogP contribution in [0.15, 0.2) is 43.0 Å². The lowest BCUT2D eigenvalue weighted by Crippen LogP contribution is -2.35. The molecule has 1 N–H and O–H groups in total. The summed E-state index contributed by atoms with van der Waals surface area (Å²) in [6.45, 7) is 1.78. The van der Waals surface area contributed by atoms with E-state index in [-0.39, 0.29) is 13.3 Å². The summed E-state index contributed by atoms with van der Waals surface area (Å²) < 4.78 is 13.1. The summed E-state index contributed by atoms with van der Waals surface area (Å²) in [4.78, 5) is 23.9. The molecule has 0 spiro atoms. The van der Waals surface area contributed by atoms with Gasteiger partial charge >= 0.3 is 0 Å². The zero-order chi connectivity index (χ0) is 20.9. The second kappa shape index (κ2) is 9.00. The quantitative estimate of drug-likeness (QED) is 0.633. The molecule has 30 heavy (non-hydrogen) atoms. The van der Waals surface area contributed by atoms with Crippen LogP contribution in [-0.4, -0.2) is 51.0 Å². The Morgan fingerprint density at radius 1 is 1.07 bits per heavy atom. The maximum absolute atomic E-state index is 8.36. The van der Waals surface area contributed by atoms with Crippen LogP contribution >= 0.6 is 11.6 Å². The summed E-state index contributed by atoms with van der Waals surface area (Å²) >= 11 is 6.50. The Morgan fingerprint density at radius 3 is 2.43 bits per heavy atom. The van der Waals surface area contributed by atoms with E-state index in [1.165, 1.54) is 0 Å².